The second-order valence-electron chi connectivity index (χ2n) is 6.85. The van der Waals surface area contributed by atoms with Gasteiger partial charge < -0.3 is 9.64 Å². The molecule has 2 aromatic rings. The smallest absolute Gasteiger partial charge is 0.295 e. The largest absolute Gasteiger partial charge is 0.497 e. The Bertz CT molecular complexity index is 1000. The summed E-state index contributed by atoms with van der Waals surface area (Å²) in [6, 6.07) is 13.9. The lowest BCUT2D eigenvalue weighted by atomic mass is 10.2. The first kappa shape index (κ1) is 22.4. The van der Waals surface area contributed by atoms with E-state index in [1.165, 1.54) is 4.31 Å². The van der Waals surface area contributed by atoms with Gasteiger partial charge in [0.1, 0.15) is 5.75 Å². The van der Waals surface area contributed by atoms with Crippen LogP contribution in [0.1, 0.15) is 5.56 Å². The Morgan fingerprint density at radius 2 is 1.93 bits per heavy atom. The van der Waals surface area contributed by atoms with E-state index in [1.807, 2.05) is 24.3 Å². The van der Waals surface area contributed by atoms with Crippen LogP contribution in [-0.4, -0.2) is 64.7 Å². The van der Waals surface area contributed by atoms with Gasteiger partial charge >= 0.3 is 0 Å². The van der Waals surface area contributed by atoms with Crippen LogP contribution in [0.2, 0.25) is 0 Å². The van der Waals surface area contributed by atoms with Crippen LogP contribution in [0.15, 0.2) is 63.0 Å². The average Bonchev–Trinajstić information content (AvgIpc) is 2.74. The van der Waals surface area contributed by atoms with Gasteiger partial charge in [-0.1, -0.05) is 28.1 Å². The lowest BCUT2D eigenvalue weighted by Crippen LogP contribution is -3.15. The van der Waals surface area contributed by atoms with E-state index < -0.39 is 10.0 Å². The Morgan fingerprint density at radius 3 is 2.60 bits per heavy atom. The molecule has 1 aliphatic rings. The summed E-state index contributed by atoms with van der Waals surface area (Å²) in [5, 5.41) is 3.98. The molecule has 1 fully saturated rings. The molecule has 1 heterocycles. The van der Waals surface area contributed by atoms with E-state index in [0.717, 1.165) is 14.9 Å². The van der Waals surface area contributed by atoms with Crippen LogP contribution in [0.4, 0.5) is 0 Å². The van der Waals surface area contributed by atoms with E-state index in [4.69, 9.17) is 4.74 Å². The highest BCUT2D eigenvalue weighted by molar-refractivity contribution is 9.10. The number of rotatable bonds is 7. The SMILES string of the molecule is COc1cccc(/C=N\NC(=O)C[NH+]2CCN(S(=O)(=O)c3ccc(Br)cc3)CC2)c1. The number of quaternary nitrogens is 1. The molecule has 0 saturated carbocycles. The molecule has 160 valence electrons. The lowest BCUT2D eigenvalue weighted by Gasteiger charge is -2.31. The molecule has 1 saturated heterocycles. The third kappa shape index (κ3) is 5.88. The first-order chi connectivity index (χ1) is 14.4. The fourth-order valence-corrected chi connectivity index (χ4v) is 4.85. The quantitative estimate of drug-likeness (QED) is 0.432. The van der Waals surface area contributed by atoms with Gasteiger partial charge in [0.2, 0.25) is 10.0 Å². The fraction of sp³-hybridized carbons (Fsp3) is 0.300. The van der Waals surface area contributed by atoms with Crippen molar-refractivity contribution in [1.29, 1.82) is 0 Å². The maximum atomic E-state index is 12.7. The Morgan fingerprint density at radius 1 is 1.23 bits per heavy atom. The summed E-state index contributed by atoms with van der Waals surface area (Å²) in [5.74, 6) is 0.499. The molecule has 0 spiro atoms. The number of carbonyl (C=O) groups is 1. The van der Waals surface area contributed by atoms with Crippen molar-refractivity contribution in [1.82, 2.24) is 9.73 Å². The number of methoxy groups -OCH3 is 1. The van der Waals surface area contributed by atoms with E-state index >= 15 is 0 Å². The fourth-order valence-electron chi connectivity index (χ4n) is 3.14. The summed E-state index contributed by atoms with van der Waals surface area (Å²) in [7, 11) is -1.93. The molecule has 2 aromatic carbocycles. The number of halogens is 1. The predicted octanol–water partition coefficient (Wildman–Crippen LogP) is 0.497. The first-order valence-corrected chi connectivity index (χ1v) is 11.7. The summed E-state index contributed by atoms with van der Waals surface area (Å²) in [6.07, 6.45) is 1.55. The second kappa shape index (κ2) is 10.2. The van der Waals surface area contributed by atoms with Gasteiger partial charge in [0.05, 0.1) is 44.4 Å². The first-order valence-electron chi connectivity index (χ1n) is 9.44. The van der Waals surface area contributed by atoms with Gasteiger partial charge in [0.15, 0.2) is 6.54 Å². The number of amides is 1. The molecular formula is C20H24BrN4O4S+. The molecule has 3 rings (SSSR count). The van der Waals surface area contributed by atoms with Crippen LogP contribution in [0, 0.1) is 0 Å². The molecule has 0 aliphatic carbocycles. The van der Waals surface area contributed by atoms with Gasteiger partial charge in [0.25, 0.3) is 5.91 Å². The van der Waals surface area contributed by atoms with Crippen molar-refractivity contribution in [3.8, 4) is 5.75 Å². The Labute approximate surface area is 184 Å². The molecule has 10 heteroatoms. The molecule has 1 aliphatic heterocycles. The number of hydrogen-bond acceptors (Lipinski definition) is 5. The van der Waals surface area contributed by atoms with E-state index in [-0.39, 0.29) is 17.3 Å². The monoisotopic (exact) mass is 495 g/mol. The highest BCUT2D eigenvalue weighted by atomic mass is 79.9. The number of piperazine rings is 1. The van der Waals surface area contributed by atoms with Crippen molar-refractivity contribution in [3.63, 3.8) is 0 Å². The summed E-state index contributed by atoms with van der Waals surface area (Å²) in [5.41, 5.74) is 3.33. The number of hydrazone groups is 1. The van der Waals surface area contributed by atoms with Crippen LogP contribution in [0.25, 0.3) is 0 Å². The molecule has 0 bridgehead atoms. The van der Waals surface area contributed by atoms with Gasteiger partial charge in [-0.2, -0.15) is 9.41 Å². The van der Waals surface area contributed by atoms with Crippen LogP contribution < -0.4 is 15.1 Å². The van der Waals surface area contributed by atoms with Gasteiger partial charge in [-0.05, 0) is 42.0 Å². The Balaban J connectivity index is 1.47. The van der Waals surface area contributed by atoms with Crippen LogP contribution in [0.5, 0.6) is 5.75 Å². The lowest BCUT2D eigenvalue weighted by molar-refractivity contribution is -0.895. The summed E-state index contributed by atoms with van der Waals surface area (Å²) in [4.78, 5) is 13.4. The molecule has 30 heavy (non-hydrogen) atoms. The number of carbonyl (C=O) groups excluding carboxylic acids is 1. The van der Waals surface area contributed by atoms with Gasteiger partial charge in [-0.25, -0.2) is 13.8 Å². The highest BCUT2D eigenvalue weighted by Gasteiger charge is 2.31. The maximum Gasteiger partial charge on any atom is 0.295 e. The highest BCUT2D eigenvalue weighted by Crippen LogP contribution is 2.18. The van der Waals surface area contributed by atoms with Crippen molar-refractivity contribution < 1.29 is 22.8 Å². The van der Waals surface area contributed by atoms with E-state index in [0.29, 0.717) is 31.9 Å². The topological polar surface area (TPSA) is 92.5 Å². The molecular weight excluding hydrogens is 472 g/mol. The number of benzene rings is 2. The van der Waals surface area contributed by atoms with Gasteiger partial charge in [0, 0.05) is 4.47 Å². The number of hydrogen-bond donors (Lipinski definition) is 2. The molecule has 0 unspecified atom stereocenters. The molecule has 1 amide bonds. The summed E-state index contributed by atoms with van der Waals surface area (Å²) < 4.78 is 32.9. The average molecular weight is 496 g/mol. The minimum absolute atomic E-state index is 0.214. The second-order valence-corrected chi connectivity index (χ2v) is 9.71. The standard InChI is InChI=1S/C20H23BrN4O4S/c1-29-18-4-2-3-16(13-18)14-22-23-20(26)15-24-9-11-25(12-10-24)30(27,28)19-7-5-17(21)6-8-19/h2-8,13-14H,9-12,15H2,1H3,(H,23,26)/p+1/b22-14-. The minimum atomic E-state index is -3.52. The van der Waals surface area contributed by atoms with E-state index in [2.05, 4.69) is 26.5 Å². The normalized spacial score (nSPS) is 15.9. The minimum Gasteiger partial charge on any atom is -0.497 e. The number of nitrogens with one attached hydrogen (secondary N) is 2. The third-order valence-electron chi connectivity index (χ3n) is 4.79. The number of ether oxygens (including phenoxy) is 1. The summed E-state index contributed by atoms with van der Waals surface area (Å²) >= 11 is 3.31. The van der Waals surface area contributed by atoms with Crippen LogP contribution in [0.3, 0.4) is 0 Å². The van der Waals surface area contributed by atoms with Crippen molar-refractivity contribution in [2.24, 2.45) is 5.10 Å². The zero-order chi connectivity index (χ0) is 21.6. The van der Waals surface area contributed by atoms with Crippen LogP contribution >= 0.6 is 15.9 Å². The predicted molar refractivity (Wildman–Crippen MR) is 117 cm³/mol. The van der Waals surface area contributed by atoms with E-state index in [1.54, 1.807) is 37.6 Å². The number of nitrogens with zero attached hydrogens (tertiary/aromatic N) is 2. The van der Waals surface area contributed by atoms with Crippen molar-refractivity contribution in [2.45, 2.75) is 4.90 Å². The Kier molecular flexibility index (Phi) is 7.59. The van der Waals surface area contributed by atoms with Gasteiger partial charge in [-0.15, -0.1) is 0 Å². The number of sulfonamides is 1. The van der Waals surface area contributed by atoms with Crippen molar-refractivity contribution in [2.75, 3.05) is 39.8 Å². The maximum absolute atomic E-state index is 12.7. The summed E-state index contributed by atoms with van der Waals surface area (Å²) in [6.45, 7) is 2.09. The molecule has 2 N–H and O–H groups in total. The molecule has 0 aromatic heterocycles. The van der Waals surface area contributed by atoms with Crippen molar-refractivity contribution in [3.05, 3.63) is 58.6 Å². The van der Waals surface area contributed by atoms with Crippen LogP contribution in [-0.2, 0) is 14.8 Å². The van der Waals surface area contributed by atoms with E-state index in [9.17, 15) is 13.2 Å². The Hall–Kier alpha value is -2.27. The zero-order valence-electron chi connectivity index (χ0n) is 16.5. The molecule has 0 radical (unpaired) electrons. The van der Waals surface area contributed by atoms with Gasteiger partial charge in [-0.3, -0.25) is 4.79 Å². The molecule has 0 atom stereocenters. The zero-order valence-corrected chi connectivity index (χ0v) is 18.9. The third-order valence-corrected chi connectivity index (χ3v) is 7.23. The van der Waals surface area contributed by atoms with Crippen molar-refractivity contribution >= 4 is 38.1 Å². The molecule has 8 nitrogen and oxygen atoms in total.